The lowest BCUT2D eigenvalue weighted by molar-refractivity contribution is 0.950. The average Bonchev–Trinajstić information content (AvgIpc) is 2.21. The molecule has 0 fully saturated rings. The summed E-state index contributed by atoms with van der Waals surface area (Å²) in [5.74, 6) is 1.45. The second-order valence-corrected chi connectivity index (χ2v) is 4.47. The van der Waals surface area contributed by atoms with Crippen molar-refractivity contribution in [2.24, 2.45) is 0 Å². The van der Waals surface area contributed by atoms with Crippen molar-refractivity contribution in [3.63, 3.8) is 0 Å². The summed E-state index contributed by atoms with van der Waals surface area (Å²) in [5.41, 5.74) is 4.14. The zero-order chi connectivity index (χ0) is 12.0. The molecular weight excluding hydrogens is 192 g/mol. The zero-order valence-electron chi connectivity index (χ0n) is 10.4. The lowest BCUT2D eigenvalue weighted by Gasteiger charge is -2.10. The summed E-state index contributed by atoms with van der Waals surface area (Å²) in [4.78, 5) is 0. The van der Waals surface area contributed by atoms with Crippen LogP contribution in [0.5, 0.6) is 0 Å². The highest BCUT2D eigenvalue weighted by Gasteiger charge is 2.03. The summed E-state index contributed by atoms with van der Waals surface area (Å²) in [6.45, 7) is 12.0. The molecule has 0 aliphatic heterocycles. The summed E-state index contributed by atoms with van der Waals surface area (Å²) >= 11 is 0. The number of hydrogen-bond acceptors (Lipinski definition) is 0. The minimum atomic E-state index is 0.943. The molecule has 0 saturated carbocycles. The molecule has 0 atom stereocenters. The van der Waals surface area contributed by atoms with Gasteiger partial charge in [0, 0.05) is 0 Å². The van der Waals surface area contributed by atoms with Crippen molar-refractivity contribution < 1.29 is 0 Å². The normalized spacial score (nSPS) is 10.4. The van der Waals surface area contributed by atoms with Gasteiger partial charge in [0.1, 0.15) is 0 Å². The smallest absolute Gasteiger partial charge is 0.00972 e. The zero-order valence-corrected chi connectivity index (χ0v) is 10.4. The van der Waals surface area contributed by atoms with Crippen LogP contribution < -0.4 is 0 Å². The van der Waals surface area contributed by atoms with Crippen molar-refractivity contribution in [1.82, 2.24) is 0 Å². The first kappa shape index (κ1) is 12.8. The van der Waals surface area contributed by atoms with E-state index in [-0.39, 0.29) is 0 Å². The standard InChI is InChI=1S/C16H21/c1-5-7-15-10-9-14(11-13(3)4)12-16(15)8-6-2/h5-6,9-10,12H,1-2,7-8,11H2,3-4H3. The fourth-order valence-electron chi connectivity index (χ4n) is 1.90. The molecule has 0 heteroatoms. The Morgan fingerprint density at radius 3 is 2.25 bits per heavy atom. The molecule has 0 saturated heterocycles. The van der Waals surface area contributed by atoms with Gasteiger partial charge in [-0.2, -0.15) is 0 Å². The van der Waals surface area contributed by atoms with Crippen LogP contribution in [0.25, 0.3) is 0 Å². The van der Waals surface area contributed by atoms with Gasteiger partial charge in [-0.05, 0) is 41.9 Å². The molecule has 0 amide bonds. The van der Waals surface area contributed by atoms with E-state index < -0.39 is 0 Å². The Balaban J connectivity index is 2.96. The molecule has 0 aliphatic rings. The van der Waals surface area contributed by atoms with E-state index in [2.05, 4.69) is 45.2 Å². The molecule has 1 aromatic carbocycles. The van der Waals surface area contributed by atoms with Crippen LogP contribution in [0.2, 0.25) is 0 Å². The first-order valence-corrected chi connectivity index (χ1v) is 5.79. The Morgan fingerprint density at radius 2 is 1.69 bits per heavy atom. The van der Waals surface area contributed by atoms with Crippen LogP contribution in [0.1, 0.15) is 30.5 Å². The Labute approximate surface area is 99.7 Å². The van der Waals surface area contributed by atoms with Crippen molar-refractivity contribution in [3.05, 3.63) is 66.1 Å². The van der Waals surface area contributed by atoms with Gasteiger partial charge in [-0.1, -0.05) is 44.2 Å². The summed E-state index contributed by atoms with van der Waals surface area (Å²) in [5, 5.41) is 0. The van der Waals surface area contributed by atoms with Gasteiger partial charge >= 0.3 is 0 Å². The van der Waals surface area contributed by atoms with Gasteiger partial charge in [0.15, 0.2) is 0 Å². The summed E-state index contributed by atoms with van der Waals surface area (Å²) in [6.07, 6.45) is 6.88. The molecule has 1 radical (unpaired) electrons. The Hall–Kier alpha value is -1.30. The molecule has 0 aliphatic carbocycles. The fraction of sp³-hybridized carbons (Fsp3) is 0.312. The Kier molecular flexibility index (Phi) is 5.04. The maximum atomic E-state index is 3.82. The first-order valence-electron chi connectivity index (χ1n) is 5.79. The maximum Gasteiger partial charge on any atom is -0.00972 e. The summed E-state index contributed by atoms with van der Waals surface area (Å²) in [6, 6.07) is 6.74. The van der Waals surface area contributed by atoms with Crippen LogP contribution in [0, 0.1) is 5.92 Å². The number of allylic oxidation sites excluding steroid dienone is 2. The van der Waals surface area contributed by atoms with Crippen molar-refractivity contribution in [2.75, 3.05) is 0 Å². The largest absolute Gasteiger partial charge is 0.103 e. The molecule has 16 heavy (non-hydrogen) atoms. The van der Waals surface area contributed by atoms with Gasteiger partial charge in [0.2, 0.25) is 0 Å². The van der Waals surface area contributed by atoms with Gasteiger partial charge in [-0.3, -0.25) is 0 Å². The highest BCUT2D eigenvalue weighted by molar-refractivity contribution is 5.35. The molecule has 85 valence electrons. The topological polar surface area (TPSA) is 0 Å². The maximum absolute atomic E-state index is 3.82. The molecule has 0 unspecified atom stereocenters. The first-order chi connectivity index (χ1) is 7.67. The molecule has 0 heterocycles. The predicted octanol–water partition coefficient (Wildman–Crippen LogP) is 4.30. The lowest BCUT2D eigenvalue weighted by Crippen LogP contribution is -1.97. The van der Waals surface area contributed by atoms with Crippen LogP contribution >= 0.6 is 0 Å². The van der Waals surface area contributed by atoms with Crippen molar-refractivity contribution >= 4 is 0 Å². The summed E-state index contributed by atoms with van der Waals surface area (Å²) < 4.78 is 0. The van der Waals surface area contributed by atoms with Crippen LogP contribution in [0.3, 0.4) is 0 Å². The van der Waals surface area contributed by atoms with Gasteiger partial charge in [-0.15, -0.1) is 13.2 Å². The average molecular weight is 213 g/mol. The molecule has 0 spiro atoms. The number of rotatable bonds is 6. The predicted molar refractivity (Wildman–Crippen MR) is 72.5 cm³/mol. The van der Waals surface area contributed by atoms with Gasteiger partial charge in [0.25, 0.3) is 0 Å². The summed E-state index contributed by atoms with van der Waals surface area (Å²) in [7, 11) is 0. The third-order valence-corrected chi connectivity index (χ3v) is 2.56. The second kappa shape index (κ2) is 6.32. The van der Waals surface area contributed by atoms with Crippen molar-refractivity contribution in [2.45, 2.75) is 33.1 Å². The fourth-order valence-corrected chi connectivity index (χ4v) is 1.90. The molecule has 0 aromatic heterocycles. The van der Waals surface area contributed by atoms with Gasteiger partial charge in [-0.25, -0.2) is 0 Å². The van der Waals surface area contributed by atoms with E-state index in [1.807, 2.05) is 12.2 Å². The van der Waals surface area contributed by atoms with E-state index in [0.717, 1.165) is 19.3 Å². The van der Waals surface area contributed by atoms with Gasteiger partial charge in [0.05, 0.1) is 0 Å². The Morgan fingerprint density at radius 1 is 1.06 bits per heavy atom. The highest BCUT2D eigenvalue weighted by atomic mass is 14.1. The van der Waals surface area contributed by atoms with Crippen LogP contribution in [-0.2, 0) is 19.3 Å². The monoisotopic (exact) mass is 213 g/mol. The van der Waals surface area contributed by atoms with Crippen molar-refractivity contribution in [1.29, 1.82) is 0 Å². The van der Waals surface area contributed by atoms with E-state index in [1.54, 1.807) is 0 Å². The number of benzene rings is 1. The van der Waals surface area contributed by atoms with Gasteiger partial charge < -0.3 is 0 Å². The molecule has 0 nitrogen and oxygen atoms in total. The molecule has 0 bridgehead atoms. The van der Waals surface area contributed by atoms with Crippen LogP contribution in [-0.4, -0.2) is 0 Å². The third kappa shape index (κ3) is 3.69. The quantitative estimate of drug-likeness (QED) is 0.618. The van der Waals surface area contributed by atoms with E-state index in [1.165, 1.54) is 22.6 Å². The van der Waals surface area contributed by atoms with E-state index >= 15 is 0 Å². The lowest BCUT2D eigenvalue weighted by atomic mass is 9.95. The van der Waals surface area contributed by atoms with Crippen LogP contribution in [0.15, 0.2) is 43.5 Å². The molecule has 1 aromatic rings. The molecule has 1 rings (SSSR count). The Bertz CT molecular complexity index is 358. The SMILES string of the molecule is C=CCc1ccc(C[C](C)C)cc1CC=C. The number of hydrogen-bond donors (Lipinski definition) is 0. The molecule has 0 N–H and O–H groups in total. The third-order valence-electron chi connectivity index (χ3n) is 2.56. The van der Waals surface area contributed by atoms with E-state index in [9.17, 15) is 0 Å². The minimum absolute atomic E-state index is 0.943. The van der Waals surface area contributed by atoms with Crippen molar-refractivity contribution in [3.8, 4) is 0 Å². The second-order valence-electron chi connectivity index (χ2n) is 4.47. The van der Waals surface area contributed by atoms with E-state index in [0.29, 0.717) is 0 Å². The molecular formula is C16H21. The van der Waals surface area contributed by atoms with E-state index in [4.69, 9.17) is 0 Å². The van der Waals surface area contributed by atoms with Crippen LogP contribution in [0.4, 0.5) is 0 Å². The highest BCUT2D eigenvalue weighted by Crippen LogP contribution is 2.17. The minimum Gasteiger partial charge on any atom is -0.103 e.